The lowest BCUT2D eigenvalue weighted by atomic mass is 9.98. The SMILES string of the molecule is Cc1cc(S(=O)(=O)N2CCC(N(C(=O)C3CC3)C3CCOCC3)CC2)ccc1Cl. The number of aryl methyl sites for hydroxylation is 1. The van der Waals surface area contributed by atoms with Gasteiger partial charge in [0.05, 0.1) is 4.90 Å². The van der Waals surface area contributed by atoms with E-state index in [0.29, 0.717) is 44.2 Å². The second kappa shape index (κ2) is 8.53. The van der Waals surface area contributed by atoms with Gasteiger partial charge in [-0.15, -0.1) is 0 Å². The Bertz CT molecular complexity index is 857. The molecule has 3 fully saturated rings. The molecule has 2 heterocycles. The molecule has 1 amide bonds. The smallest absolute Gasteiger partial charge is 0.243 e. The number of hydrogen-bond acceptors (Lipinski definition) is 4. The summed E-state index contributed by atoms with van der Waals surface area (Å²) in [6.07, 6.45) is 5.09. The molecule has 0 atom stereocenters. The minimum absolute atomic E-state index is 0.115. The zero-order chi connectivity index (χ0) is 20.6. The van der Waals surface area contributed by atoms with Gasteiger partial charge < -0.3 is 9.64 Å². The maximum atomic E-state index is 13.1. The summed E-state index contributed by atoms with van der Waals surface area (Å²) in [6, 6.07) is 5.18. The fourth-order valence-corrected chi connectivity index (χ4v) is 6.12. The van der Waals surface area contributed by atoms with E-state index in [4.69, 9.17) is 16.3 Å². The molecule has 3 aliphatic rings. The Morgan fingerprint density at radius 2 is 1.69 bits per heavy atom. The van der Waals surface area contributed by atoms with Crippen molar-refractivity contribution in [3.8, 4) is 0 Å². The molecule has 160 valence electrons. The zero-order valence-corrected chi connectivity index (χ0v) is 18.4. The number of hydrogen-bond donors (Lipinski definition) is 0. The second-order valence-corrected chi connectivity index (χ2v) is 10.8. The molecule has 1 aromatic carbocycles. The molecule has 29 heavy (non-hydrogen) atoms. The number of piperidine rings is 1. The molecule has 4 rings (SSSR count). The van der Waals surface area contributed by atoms with Crippen LogP contribution in [0.5, 0.6) is 0 Å². The van der Waals surface area contributed by atoms with E-state index in [0.717, 1.165) is 31.2 Å². The van der Waals surface area contributed by atoms with Crippen molar-refractivity contribution in [2.45, 2.75) is 62.4 Å². The number of rotatable bonds is 5. The summed E-state index contributed by atoms with van der Waals surface area (Å²) in [5, 5.41) is 0.563. The summed E-state index contributed by atoms with van der Waals surface area (Å²) in [5.41, 5.74) is 0.753. The Morgan fingerprint density at radius 1 is 1.07 bits per heavy atom. The Labute approximate surface area is 178 Å². The van der Waals surface area contributed by atoms with E-state index in [-0.39, 0.29) is 28.8 Å². The lowest BCUT2D eigenvalue weighted by Gasteiger charge is -2.43. The number of carbonyl (C=O) groups is 1. The van der Waals surface area contributed by atoms with Crippen LogP contribution in [-0.2, 0) is 19.6 Å². The van der Waals surface area contributed by atoms with Gasteiger partial charge in [0.25, 0.3) is 0 Å². The van der Waals surface area contributed by atoms with E-state index >= 15 is 0 Å². The summed E-state index contributed by atoms with van der Waals surface area (Å²) >= 11 is 6.05. The standard InChI is InChI=1S/C21H29ClN2O4S/c1-15-14-19(4-5-20(15)22)29(26,27)23-10-6-17(7-11-23)24(21(25)16-2-3-16)18-8-12-28-13-9-18/h4-5,14,16-18H,2-3,6-13H2,1H3. The Balaban J connectivity index is 1.46. The van der Waals surface area contributed by atoms with Crippen LogP contribution >= 0.6 is 11.6 Å². The predicted molar refractivity (Wildman–Crippen MR) is 111 cm³/mol. The molecule has 0 spiro atoms. The Kier molecular flexibility index (Phi) is 6.21. The molecule has 0 bridgehead atoms. The molecule has 1 saturated carbocycles. The number of amides is 1. The second-order valence-electron chi connectivity index (χ2n) is 8.41. The number of sulfonamides is 1. The van der Waals surface area contributed by atoms with Gasteiger partial charge in [0.15, 0.2) is 0 Å². The van der Waals surface area contributed by atoms with Gasteiger partial charge in [-0.1, -0.05) is 11.6 Å². The summed E-state index contributed by atoms with van der Waals surface area (Å²) in [5.74, 6) is 0.447. The van der Waals surface area contributed by atoms with Crippen LogP contribution in [0.25, 0.3) is 0 Å². The molecule has 6 nitrogen and oxygen atoms in total. The zero-order valence-electron chi connectivity index (χ0n) is 16.8. The van der Waals surface area contributed by atoms with Crippen molar-refractivity contribution in [2.75, 3.05) is 26.3 Å². The average Bonchev–Trinajstić information content (AvgIpc) is 3.57. The molecule has 8 heteroatoms. The summed E-state index contributed by atoms with van der Waals surface area (Å²) < 4.78 is 33.2. The fourth-order valence-electron chi connectivity index (χ4n) is 4.45. The number of halogens is 1. The van der Waals surface area contributed by atoms with Crippen LogP contribution in [0.4, 0.5) is 0 Å². The maximum Gasteiger partial charge on any atom is 0.243 e. The van der Waals surface area contributed by atoms with E-state index < -0.39 is 10.0 Å². The monoisotopic (exact) mass is 440 g/mol. The van der Waals surface area contributed by atoms with Gasteiger partial charge in [-0.3, -0.25) is 4.79 Å². The van der Waals surface area contributed by atoms with Crippen LogP contribution in [0.3, 0.4) is 0 Å². The van der Waals surface area contributed by atoms with Gasteiger partial charge in [-0.25, -0.2) is 8.42 Å². The topological polar surface area (TPSA) is 66.9 Å². The molecule has 0 N–H and O–H groups in total. The van der Waals surface area contributed by atoms with Crippen molar-refractivity contribution < 1.29 is 17.9 Å². The van der Waals surface area contributed by atoms with E-state index in [2.05, 4.69) is 4.90 Å². The molecule has 0 aromatic heterocycles. The van der Waals surface area contributed by atoms with Gasteiger partial charge in [-0.05, 0) is 69.2 Å². The van der Waals surface area contributed by atoms with E-state index in [1.807, 2.05) is 6.92 Å². The third-order valence-corrected chi connectivity index (χ3v) is 8.67. The van der Waals surface area contributed by atoms with Crippen LogP contribution in [0, 0.1) is 12.8 Å². The molecule has 0 radical (unpaired) electrons. The first-order valence-electron chi connectivity index (χ1n) is 10.5. The Morgan fingerprint density at radius 3 is 2.28 bits per heavy atom. The van der Waals surface area contributed by atoms with Crippen LogP contribution in [-0.4, -0.2) is 61.9 Å². The lowest BCUT2D eigenvalue weighted by Crippen LogP contribution is -2.54. The highest BCUT2D eigenvalue weighted by atomic mass is 35.5. The lowest BCUT2D eigenvalue weighted by molar-refractivity contribution is -0.141. The van der Waals surface area contributed by atoms with Gasteiger partial charge in [0.2, 0.25) is 15.9 Å². The van der Waals surface area contributed by atoms with Gasteiger partial charge in [0, 0.05) is 49.3 Å². The van der Waals surface area contributed by atoms with Crippen molar-refractivity contribution in [1.82, 2.24) is 9.21 Å². The fraction of sp³-hybridized carbons (Fsp3) is 0.667. The molecular weight excluding hydrogens is 412 g/mol. The third-order valence-electron chi connectivity index (χ3n) is 6.35. The first-order chi connectivity index (χ1) is 13.9. The van der Waals surface area contributed by atoms with E-state index in [1.165, 1.54) is 0 Å². The number of carbonyl (C=O) groups excluding carboxylic acids is 1. The van der Waals surface area contributed by atoms with Crippen LogP contribution < -0.4 is 0 Å². The quantitative estimate of drug-likeness (QED) is 0.705. The highest BCUT2D eigenvalue weighted by molar-refractivity contribution is 7.89. The minimum atomic E-state index is -3.55. The van der Waals surface area contributed by atoms with Gasteiger partial charge in [0.1, 0.15) is 0 Å². The van der Waals surface area contributed by atoms with Crippen LogP contribution in [0.2, 0.25) is 5.02 Å². The van der Waals surface area contributed by atoms with Crippen molar-refractivity contribution in [2.24, 2.45) is 5.92 Å². The maximum absolute atomic E-state index is 13.1. The van der Waals surface area contributed by atoms with E-state index in [1.54, 1.807) is 22.5 Å². The van der Waals surface area contributed by atoms with Crippen molar-refractivity contribution in [3.05, 3.63) is 28.8 Å². The summed E-state index contributed by atoms with van der Waals surface area (Å²) in [7, 11) is -3.55. The van der Waals surface area contributed by atoms with Gasteiger partial charge >= 0.3 is 0 Å². The number of ether oxygens (including phenoxy) is 1. The van der Waals surface area contributed by atoms with Crippen molar-refractivity contribution in [3.63, 3.8) is 0 Å². The van der Waals surface area contributed by atoms with Crippen LogP contribution in [0.1, 0.15) is 44.1 Å². The number of benzene rings is 1. The number of nitrogens with zero attached hydrogens (tertiary/aromatic N) is 2. The third kappa shape index (κ3) is 4.48. The predicted octanol–water partition coefficient (Wildman–Crippen LogP) is 3.22. The molecule has 2 aliphatic heterocycles. The van der Waals surface area contributed by atoms with Crippen LogP contribution in [0.15, 0.2) is 23.1 Å². The Hall–Kier alpha value is -1.15. The highest BCUT2D eigenvalue weighted by Gasteiger charge is 2.41. The summed E-state index contributed by atoms with van der Waals surface area (Å²) in [6.45, 7) is 4.08. The van der Waals surface area contributed by atoms with Crippen molar-refractivity contribution in [1.29, 1.82) is 0 Å². The molecular formula is C21H29ClN2O4S. The minimum Gasteiger partial charge on any atom is -0.381 e. The molecule has 0 unspecified atom stereocenters. The molecule has 1 aliphatic carbocycles. The van der Waals surface area contributed by atoms with Gasteiger partial charge in [-0.2, -0.15) is 4.31 Å². The summed E-state index contributed by atoms with van der Waals surface area (Å²) in [4.78, 5) is 15.4. The average molecular weight is 441 g/mol. The van der Waals surface area contributed by atoms with E-state index in [9.17, 15) is 13.2 Å². The molecule has 1 aromatic rings. The first-order valence-corrected chi connectivity index (χ1v) is 12.4. The normalized spacial score (nSPS) is 22.6. The largest absolute Gasteiger partial charge is 0.381 e. The highest BCUT2D eigenvalue weighted by Crippen LogP contribution is 2.36. The van der Waals surface area contributed by atoms with Crippen molar-refractivity contribution >= 4 is 27.5 Å². The molecule has 2 saturated heterocycles. The first kappa shape index (κ1) is 21.1.